The molecule has 0 radical (unpaired) electrons. The molecular weight excluding hydrogens is 342 g/mol. The molecule has 1 unspecified atom stereocenters. The van der Waals surface area contributed by atoms with Crippen LogP contribution in [0.2, 0.25) is 0 Å². The summed E-state index contributed by atoms with van der Waals surface area (Å²) in [4.78, 5) is 4.51. The van der Waals surface area contributed by atoms with E-state index in [9.17, 15) is 0 Å². The van der Waals surface area contributed by atoms with Crippen molar-refractivity contribution in [1.82, 2.24) is 25.3 Å². The van der Waals surface area contributed by atoms with Crippen molar-refractivity contribution in [3.05, 3.63) is 59.2 Å². The van der Waals surface area contributed by atoms with Gasteiger partial charge in [-0.3, -0.25) is 0 Å². The Hall–Kier alpha value is -2.57. The highest BCUT2D eigenvalue weighted by molar-refractivity contribution is 7.18. The first-order chi connectivity index (χ1) is 12.8. The van der Waals surface area contributed by atoms with Gasteiger partial charge in [-0.15, -0.1) is 16.4 Å². The molecule has 1 saturated heterocycles. The standard InChI is InChI=1S/C20H19N5S/c1-13-22-18-9-8-16(11-20(18)26-13)25-12-19(23-24-25)15-6-4-14(5-7-15)17-3-2-10-21-17/h4-9,11-12,17,21H,2-3,10H2,1H3. The minimum absolute atomic E-state index is 0.495. The van der Waals surface area contributed by atoms with Gasteiger partial charge in [0.2, 0.25) is 0 Å². The van der Waals surface area contributed by atoms with E-state index in [1.807, 2.05) is 29.9 Å². The van der Waals surface area contributed by atoms with E-state index in [2.05, 4.69) is 50.9 Å². The largest absolute Gasteiger partial charge is 0.310 e. The highest BCUT2D eigenvalue weighted by atomic mass is 32.1. The summed E-state index contributed by atoms with van der Waals surface area (Å²) in [7, 11) is 0. The Kier molecular flexibility index (Phi) is 3.80. The second kappa shape index (κ2) is 6.30. The predicted octanol–water partition coefficient (Wildman–Crippen LogP) is 4.28. The topological polar surface area (TPSA) is 55.6 Å². The van der Waals surface area contributed by atoms with Crippen molar-refractivity contribution in [2.45, 2.75) is 25.8 Å². The Morgan fingerprint density at radius 3 is 2.85 bits per heavy atom. The summed E-state index contributed by atoms with van der Waals surface area (Å²) in [5, 5.41) is 13.3. The van der Waals surface area contributed by atoms with E-state index in [-0.39, 0.29) is 0 Å². The molecule has 2 aromatic heterocycles. The quantitative estimate of drug-likeness (QED) is 0.592. The Bertz CT molecular complexity index is 1060. The van der Waals surface area contributed by atoms with Crippen molar-refractivity contribution in [3.63, 3.8) is 0 Å². The smallest absolute Gasteiger partial charge is 0.113 e. The summed E-state index contributed by atoms with van der Waals surface area (Å²) in [5.74, 6) is 0. The molecule has 1 atom stereocenters. The molecule has 1 aliphatic rings. The molecule has 0 saturated carbocycles. The maximum Gasteiger partial charge on any atom is 0.113 e. The molecule has 1 aliphatic heterocycles. The lowest BCUT2D eigenvalue weighted by Gasteiger charge is -2.10. The van der Waals surface area contributed by atoms with Crippen molar-refractivity contribution in [1.29, 1.82) is 0 Å². The van der Waals surface area contributed by atoms with Gasteiger partial charge in [-0.25, -0.2) is 9.67 Å². The molecule has 0 bridgehead atoms. The van der Waals surface area contributed by atoms with Crippen molar-refractivity contribution >= 4 is 21.6 Å². The molecule has 2 aromatic carbocycles. The summed E-state index contributed by atoms with van der Waals surface area (Å²) >= 11 is 1.70. The lowest BCUT2D eigenvalue weighted by Crippen LogP contribution is -2.12. The van der Waals surface area contributed by atoms with Crippen molar-refractivity contribution in [2.24, 2.45) is 0 Å². The summed E-state index contributed by atoms with van der Waals surface area (Å²) < 4.78 is 3.00. The third-order valence-corrected chi connectivity index (χ3v) is 5.84. The lowest BCUT2D eigenvalue weighted by atomic mass is 10.0. The first-order valence-corrected chi connectivity index (χ1v) is 9.71. The van der Waals surface area contributed by atoms with Crippen molar-refractivity contribution in [3.8, 4) is 16.9 Å². The molecular formula is C20H19N5S. The van der Waals surface area contributed by atoms with E-state index in [0.29, 0.717) is 6.04 Å². The molecule has 130 valence electrons. The number of hydrogen-bond acceptors (Lipinski definition) is 5. The normalized spacial score (nSPS) is 17.2. The average molecular weight is 361 g/mol. The lowest BCUT2D eigenvalue weighted by molar-refractivity contribution is 0.648. The third-order valence-electron chi connectivity index (χ3n) is 4.91. The SMILES string of the molecule is Cc1nc2ccc(-n3cc(-c4ccc(C5CCCN5)cc4)nn3)cc2s1. The molecule has 0 aliphatic carbocycles. The molecule has 0 spiro atoms. The number of nitrogens with one attached hydrogen (secondary N) is 1. The molecule has 4 aromatic rings. The predicted molar refractivity (Wildman–Crippen MR) is 105 cm³/mol. The zero-order chi connectivity index (χ0) is 17.5. The van der Waals surface area contributed by atoms with Crippen LogP contribution in [-0.2, 0) is 0 Å². The molecule has 0 amide bonds. The number of aromatic nitrogens is 4. The number of thiazole rings is 1. The van der Waals surface area contributed by atoms with Gasteiger partial charge in [0.1, 0.15) is 5.69 Å². The molecule has 1 fully saturated rings. The molecule has 26 heavy (non-hydrogen) atoms. The van der Waals surface area contributed by atoms with Gasteiger partial charge in [0.05, 0.1) is 27.1 Å². The minimum atomic E-state index is 0.495. The zero-order valence-corrected chi connectivity index (χ0v) is 15.3. The minimum Gasteiger partial charge on any atom is -0.310 e. The first kappa shape index (κ1) is 15.7. The maximum absolute atomic E-state index is 4.51. The fourth-order valence-electron chi connectivity index (χ4n) is 3.55. The Morgan fingerprint density at radius 1 is 1.15 bits per heavy atom. The summed E-state index contributed by atoms with van der Waals surface area (Å²) in [6.07, 6.45) is 4.46. The van der Waals surface area contributed by atoms with Crippen LogP contribution in [-0.4, -0.2) is 26.5 Å². The third kappa shape index (κ3) is 2.81. The molecule has 5 rings (SSSR count). The van der Waals surface area contributed by atoms with E-state index in [4.69, 9.17) is 0 Å². The maximum atomic E-state index is 4.51. The molecule has 3 heterocycles. The second-order valence-corrected chi connectivity index (χ2v) is 7.94. The fourth-order valence-corrected chi connectivity index (χ4v) is 4.41. The van der Waals surface area contributed by atoms with Gasteiger partial charge in [0.25, 0.3) is 0 Å². The number of nitrogens with zero attached hydrogens (tertiary/aromatic N) is 4. The van der Waals surface area contributed by atoms with Gasteiger partial charge in [0.15, 0.2) is 0 Å². The second-order valence-electron chi connectivity index (χ2n) is 6.70. The number of aryl methyl sites for hydroxylation is 1. The van der Waals surface area contributed by atoms with E-state index >= 15 is 0 Å². The van der Waals surface area contributed by atoms with E-state index in [1.165, 1.54) is 23.1 Å². The van der Waals surface area contributed by atoms with Gasteiger partial charge in [0, 0.05) is 11.6 Å². The van der Waals surface area contributed by atoms with Crippen LogP contribution in [0, 0.1) is 6.92 Å². The number of fused-ring (bicyclic) bond motifs is 1. The van der Waals surface area contributed by atoms with Gasteiger partial charge in [-0.1, -0.05) is 29.5 Å². The number of hydrogen-bond donors (Lipinski definition) is 1. The summed E-state index contributed by atoms with van der Waals surface area (Å²) in [5.41, 5.74) is 5.37. The number of benzene rings is 2. The van der Waals surface area contributed by atoms with Crippen LogP contribution >= 0.6 is 11.3 Å². The Morgan fingerprint density at radius 2 is 2.04 bits per heavy atom. The Balaban J connectivity index is 1.43. The van der Waals surface area contributed by atoms with Crippen molar-refractivity contribution in [2.75, 3.05) is 6.54 Å². The monoisotopic (exact) mass is 361 g/mol. The van der Waals surface area contributed by atoms with E-state index < -0.39 is 0 Å². The molecule has 1 N–H and O–H groups in total. The Labute approximate surface area is 155 Å². The van der Waals surface area contributed by atoms with E-state index in [0.717, 1.165) is 34.0 Å². The van der Waals surface area contributed by atoms with Crippen LogP contribution in [0.25, 0.3) is 27.2 Å². The molecule has 6 heteroatoms. The van der Waals surface area contributed by atoms with Gasteiger partial charge >= 0.3 is 0 Å². The van der Waals surface area contributed by atoms with Crippen molar-refractivity contribution < 1.29 is 0 Å². The first-order valence-electron chi connectivity index (χ1n) is 8.90. The molecule has 5 nitrogen and oxygen atoms in total. The van der Waals surface area contributed by atoms with Gasteiger partial charge in [-0.05, 0) is 50.1 Å². The average Bonchev–Trinajstić information content (AvgIpc) is 3.40. The van der Waals surface area contributed by atoms with E-state index in [1.54, 1.807) is 11.3 Å². The van der Waals surface area contributed by atoms with Crippen LogP contribution in [0.3, 0.4) is 0 Å². The van der Waals surface area contributed by atoms with Crippen LogP contribution in [0.5, 0.6) is 0 Å². The van der Waals surface area contributed by atoms with Crippen LogP contribution < -0.4 is 5.32 Å². The highest BCUT2D eigenvalue weighted by Crippen LogP contribution is 2.27. The summed E-state index contributed by atoms with van der Waals surface area (Å²) in [6.45, 7) is 3.15. The fraction of sp³-hybridized carbons (Fsp3) is 0.250. The highest BCUT2D eigenvalue weighted by Gasteiger charge is 2.16. The zero-order valence-electron chi connectivity index (χ0n) is 14.5. The van der Waals surface area contributed by atoms with Gasteiger partial charge in [-0.2, -0.15) is 0 Å². The van der Waals surface area contributed by atoms with Crippen LogP contribution in [0.15, 0.2) is 48.7 Å². The number of rotatable bonds is 3. The van der Waals surface area contributed by atoms with Gasteiger partial charge < -0.3 is 5.32 Å². The summed E-state index contributed by atoms with van der Waals surface area (Å²) in [6, 6.07) is 15.4. The van der Waals surface area contributed by atoms with Crippen LogP contribution in [0.4, 0.5) is 0 Å². The van der Waals surface area contributed by atoms with Crippen LogP contribution in [0.1, 0.15) is 29.5 Å².